The van der Waals surface area contributed by atoms with Gasteiger partial charge in [0.05, 0.1) is 6.10 Å². The molecule has 15 heavy (non-hydrogen) atoms. The van der Waals surface area contributed by atoms with Crippen molar-refractivity contribution in [3.63, 3.8) is 0 Å². The highest BCUT2D eigenvalue weighted by atomic mass is 16.5. The highest BCUT2D eigenvalue weighted by molar-refractivity contribution is 5.33. The van der Waals surface area contributed by atoms with Gasteiger partial charge in [0.15, 0.2) is 0 Å². The van der Waals surface area contributed by atoms with Crippen molar-refractivity contribution in [3.05, 3.63) is 29.8 Å². The van der Waals surface area contributed by atoms with E-state index in [0.717, 1.165) is 24.2 Å². The molecule has 1 unspecified atom stereocenters. The van der Waals surface area contributed by atoms with Gasteiger partial charge in [-0.1, -0.05) is 31.5 Å². The first-order valence-corrected chi connectivity index (χ1v) is 5.63. The number of hydrogen-bond acceptors (Lipinski definition) is 2. The third-order valence-electron chi connectivity index (χ3n) is 2.38. The molecule has 0 radical (unpaired) electrons. The molecular weight excluding hydrogens is 188 g/mol. The smallest absolute Gasteiger partial charge is 0.122 e. The number of ether oxygens (including phenoxy) is 1. The number of hydrogen-bond donors (Lipinski definition) is 1. The molecule has 1 aromatic carbocycles. The molecule has 2 nitrogen and oxygen atoms in total. The zero-order valence-corrected chi connectivity index (χ0v) is 9.57. The summed E-state index contributed by atoms with van der Waals surface area (Å²) in [6.45, 7) is 4.40. The van der Waals surface area contributed by atoms with E-state index in [1.165, 1.54) is 0 Å². The summed E-state index contributed by atoms with van der Waals surface area (Å²) in [7, 11) is 0. The molecule has 84 valence electrons. The first-order valence-electron chi connectivity index (χ1n) is 5.63. The summed E-state index contributed by atoms with van der Waals surface area (Å²) in [4.78, 5) is 0. The predicted molar refractivity (Wildman–Crippen MR) is 62.2 cm³/mol. The van der Waals surface area contributed by atoms with Crippen molar-refractivity contribution in [2.75, 3.05) is 6.61 Å². The van der Waals surface area contributed by atoms with Gasteiger partial charge in [-0.2, -0.15) is 0 Å². The van der Waals surface area contributed by atoms with Crippen molar-refractivity contribution in [2.45, 2.75) is 39.2 Å². The lowest BCUT2D eigenvalue weighted by Gasteiger charge is -2.16. The average Bonchev–Trinajstić information content (AvgIpc) is 2.21. The summed E-state index contributed by atoms with van der Waals surface area (Å²) >= 11 is 0. The quantitative estimate of drug-likeness (QED) is 0.779. The molecule has 0 aliphatic heterocycles. The van der Waals surface area contributed by atoms with Crippen LogP contribution in [-0.2, 0) is 6.42 Å². The van der Waals surface area contributed by atoms with E-state index in [4.69, 9.17) is 9.84 Å². The van der Waals surface area contributed by atoms with Crippen LogP contribution in [0, 0.1) is 0 Å². The minimum Gasteiger partial charge on any atom is -0.490 e. The molecule has 0 aromatic heterocycles. The van der Waals surface area contributed by atoms with Gasteiger partial charge in [0.1, 0.15) is 5.75 Å². The maximum absolute atomic E-state index is 8.93. The van der Waals surface area contributed by atoms with Crippen molar-refractivity contribution in [2.24, 2.45) is 0 Å². The second-order valence-electron chi connectivity index (χ2n) is 3.80. The molecule has 0 aliphatic carbocycles. The fourth-order valence-electron chi connectivity index (χ4n) is 1.63. The molecule has 1 aromatic rings. The van der Waals surface area contributed by atoms with E-state index in [9.17, 15) is 0 Å². The van der Waals surface area contributed by atoms with Crippen molar-refractivity contribution in [1.82, 2.24) is 0 Å². The molecule has 1 atom stereocenters. The van der Waals surface area contributed by atoms with Gasteiger partial charge in [0.2, 0.25) is 0 Å². The first-order chi connectivity index (χ1) is 7.27. The minimum absolute atomic E-state index is 0.169. The van der Waals surface area contributed by atoms with Gasteiger partial charge in [-0.15, -0.1) is 0 Å². The van der Waals surface area contributed by atoms with Crippen LogP contribution < -0.4 is 4.74 Å². The second kappa shape index (κ2) is 6.46. The summed E-state index contributed by atoms with van der Waals surface area (Å²) in [5, 5.41) is 8.93. The molecule has 2 heteroatoms. The van der Waals surface area contributed by atoms with E-state index >= 15 is 0 Å². The Morgan fingerprint density at radius 3 is 2.73 bits per heavy atom. The zero-order chi connectivity index (χ0) is 11.1. The first kappa shape index (κ1) is 12.1. The molecule has 1 rings (SSSR count). The molecule has 0 bridgehead atoms. The van der Waals surface area contributed by atoms with Crippen LogP contribution in [0.1, 0.15) is 32.3 Å². The van der Waals surface area contributed by atoms with E-state index in [2.05, 4.69) is 13.8 Å². The lowest BCUT2D eigenvalue weighted by atomic mass is 10.1. The highest BCUT2D eigenvalue weighted by Crippen LogP contribution is 2.20. The minimum atomic E-state index is 0.169. The largest absolute Gasteiger partial charge is 0.490 e. The van der Waals surface area contributed by atoms with Gasteiger partial charge in [0.25, 0.3) is 0 Å². The predicted octanol–water partition coefficient (Wildman–Crippen LogP) is 2.79. The highest BCUT2D eigenvalue weighted by Gasteiger charge is 2.06. The van der Waals surface area contributed by atoms with E-state index < -0.39 is 0 Å². The van der Waals surface area contributed by atoms with Crippen LogP contribution in [0.15, 0.2) is 24.3 Å². The maximum Gasteiger partial charge on any atom is 0.122 e. The SMILES string of the molecule is CCCC(C)Oc1ccccc1CCO. The molecular formula is C13H20O2. The zero-order valence-electron chi connectivity index (χ0n) is 9.57. The summed E-state index contributed by atoms with van der Waals surface area (Å²) in [5.41, 5.74) is 1.09. The number of rotatable bonds is 6. The van der Waals surface area contributed by atoms with Crippen molar-refractivity contribution < 1.29 is 9.84 Å². The lowest BCUT2D eigenvalue weighted by Crippen LogP contribution is -2.12. The Morgan fingerprint density at radius 1 is 1.33 bits per heavy atom. The Balaban J connectivity index is 2.66. The monoisotopic (exact) mass is 208 g/mol. The number of para-hydroxylation sites is 1. The molecule has 0 amide bonds. The summed E-state index contributed by atoms with van der Waals surface area (Å²) in [5.74, 6) is 0.910. The van der Waals surface area contributed by atoms with Gasteiger partial charge in [-0.3, -0.25) is 0 Å². The van der Waals surface area contributed by atoms with Crippen molar-refractivity contribution in [3.8, 4) is 5.75 Å². The Labute approximate surface area is 91.9 Å². The summed E-state index contributed by atoms with van der Waals surface area (Å²) in [6, 6.07) is 7.92. The Hall–Kier alpha value is -1.02. The van der Waals surface area contributed by atoms with E-state index in [1.807, 2.05) is 24.3 Å². The van der Waals surface area contributed by atoms with Gasteiger partial charge < -0.3 is 9.84 Å². The average molecular weight is 208 g/mol. The Kier molecular flexibility index (Phi) is 5.19. The van der Waals surface area contributed by atoms with Crippen molar-refractivity contribution in [1.29, 1.82) is 0 Å². The van der Waals surface area contributed by atoms with Gasteiger partial charge in [-0.05, 0) is 31.4 Å². The topological polar surface area (TPSA) is 29.5 Å². The summed E-state index contributed by atoms with van der Waals surface area (Å²) < 4.78 is 5.83. The van der Waals surface area contributed by atoms with Crippen molar-refractivity contribution >= 4 is 0 Å². The second-order valence-corrected chi connectivity index (χ2v) is 3.80. The van der Waals surface area contributed by atoms with Gasteiger partial charge in [0, 0.05) is 6.61 Å². The summed E-state index contributed by atoms with van der Waals surface area (Å²) in [6.07, 6.45) is 3.10. The van der Waals surface area contributed by atoms with Crippen LogP contribution in [0.25, 0.3) is 0 Å². The molecule has 0 aliphatic rings. The normalized spacial score (nSPS) is 12.5. The van der Waals surface area contributed by atoms with E-state index in [0.29, 0.717) is 6.42 Å². The standard InChI is InChI=1S/C13H20O2/c1-3-6-11(2)15-13-8-5-4-7-12(13)9-10-14/h4-5,7-8,11,14H,3,6,9-10H2,1-2H3. The number of aliphatic hydroxyl groups excluding tert-OH is 1. The molecule has 0 heterocycles. The molecule has 0 saturated heterocycles. The fourth-order valence-corrected chi connectivity index (χ4v) is 1.63. The van der Waals surface area contributed by atoms with Crippen LogP contribution in [-0.4, -0.2) is 17.8 Å². The van der Waals surface area contributed by atoms with Gasteiger partial charge in [-0.25, -0.2) is 0 Å². The third-order valence-corrected chi connectivity index (χ3v) is 2.38. The maximum atomic E-state index is 8.93. The van der Waals surface area contributed by atoms with E-state index in [1.54, 1.807) is 0 Å². The molecule has 0 saturated carbocycles. The lowest BCUT2D eigenvalue weighted by molar-refractivity contribution is 0.206. The van der Waals surface area contributed by atoms with Crippen LogP contribution in [0.2, 0.25) is 0 Å². The fraction of sp³-hybridized carbons (Fsp3) is 0.538. The number of benzene rings is 1. The van der Waals surface area contributed by atoms with Gasteiger partial charge >= 0.3 is 0 Å². The van der Waals surface area contributed by atoms with Crippen LogP contribution in [0.3, 0.4) is 0 Å². The Bertz CT molecular complexity index is 284. The Morgan fingerprint density at radius 2 is 2.07 bits per heavy atom. The number of aliphatic hydroxyl groups is 1. The molecule has 1 N–H and O–H groups in total. The molecule has 0 fully saturated rings. The van der Waals surface area contributed by atoms with Crippen LogP contribution in [0.4, 0.5) is 0 Å². The van der Waals surface area contributed by atoms with Crippen LogP contribution in [0.5, 0.6) is 5.75 Å². The molecule has 0 spiro atoms. The van der Waals surface area contributed by atoms with Crippen LogP contribution >= 0.6 is 0 Å². The third kappa shape index (κ3) is 3.92. The van der Waals surface area contributed by atoms with E-state index in [-0.39, 0.29) is 12.7 Å².